The van der Waals surface area contributed by atoms with Crippen molar-refractivity contribution in [1.29, 1.82) is 0 Å². The summed E-state index contributed by atoms with van der Waals surface area (Å²) >= 11 is 0. The van der Waals surface area contributed by atoms with Gasteiger partial charge in [-0.25, -0.2) is 13.2 Å². The zero-order valence-corrected chi connectivity index (χ0v) is 13.4. The Morgan fingerprint density at radius 1 is 1.04 bits per heavy atom. The van der Waals surface area contributed by atoms with Crippen LogP contribution in [-0.4, -0.2) is 11.3 Å². The van der Waals surface area contributed by atoms with Crippen molar-refractivity contribution in [2.45, 2.75) is 19.3 Å². The van der Waals surface area contributed by atoms with Crippen LogP contribution < -0.4 is 0 Å². The van der Waals surface area contributed by atoms with E-state index in [9.17, 15) is 18.0 Å². The summed E-state index contributed by atoms with van der Waals surface area (Å²) in [6.07, 6.45) is 3.17. The van der Waals surface area contributed by atoms with Gasteiger partial charge in [0.15, 0.2) is 0 Å². The smallest absolute Gasteiger partial charge is 0.150 e. The van der Waals surface area contributed by atoms with Gasteiger partial charge in [-0.3, -0.25) is 0 Å². The highest BCUT2D eigenvalue weighted by Gasteiger charge is 2.30. The lowest BCUT2D eigenvalue weighted by Gasteiger charge is -2.31. The third-order valence-corrected chi connectivity index (χ3v) is 5.02. The molecule has 1 fully saturated rings. The largest absolute Gasteiger partial charge is 0.352 e. The molecule has 4 rings (SSSR count). The molecular formula is C20H16F3NO. The number of nitrogens with one attached hydrogen (secondary N) is 1. The van der Waals surface area contributed by atoms with Gasteiger partial charge >= 0.3 is 0 Å². The number of aromatic amines is 1. The lowest BCUT2D eigenvalue weighted by atomic mass is 9.72. The van der Waals surface area contributed by atoms with Crippen molar-refractivity contribution in [3.63, 3.8) is 0 Å². The van der Waals surface area contributed by atoms with Crippen LogP contribution in [0.4, 0.5) is 13.2 Å². The fourth-order valence-electron chi connectivity index (χ4n) is 3.70. The lowest BCUT2D eigenvalue weighted by molar-refractivity contribution is -0.114. The highest BCUT2D eigenvalue weighted by molar-refractivity contribution is 5.91. The number of hydrogen-bond donors (Lipinski definition) is 1. The Hall–Kier alpha value is -2.56. The Morgan fingerprint density at radius 3 is 2.44 bits per heavy atom. The highest BCUT2D eigenvalue weighted by atomic mass is 19.1. The first-order chi connectivity index (χ1) is 12.0. The van der Waals surface area contributed by atoms with Gasteiger partial charge in [0.05, 0.1) is 5.52 Å². The van der Waals surface area contributed by atoms with Crippen LogP contribution in [0.1, 0.15) is 18.4 Å². The zero-order chi connectivity index (χ0) is 17.6. The number of aromatic nitrogens is 1. The van der Waals surface area contributed by atoms with Gasteiger partial charge in [0, 0.05) is 23.1 Å². The molecule has 0 spiro atoms. The Kier molecular flexibility index (Phi) is 3.86. The summed E-state index contributed by atoms with van der Waals surface area (Å²) < 4.78 is 41.2. The summed E-state index contributed by atoms with van der Waals surface area (Å²) in [6, 6.07) is 8.09. The van der Waals surface area contributed by atoms with Crippen LogP contribution in [0.2, 0.25) is 0 Å². The molecule has 1 aromatic heterocycles. The molecule has 1 heterocycles. The summed E-state index contributed by atoms with van der Waals surface area (Å²) in [4.78, 5) is 13.9. The topological polar surface area (TPSA) is 32.9 Å². The van der Waals surface area contributed by atoms with Crippen LogP contribution in [0.5, 0.6) is 0 Å². The third kappa shape index (κ3) is 2.84. The molecule has 1 aliphatic carbocycles. The summed E-state index contributed by atoms with van der Waals surface area (Å²) in [7, 11) is 0. The maximum absolute atomic E-state index is 14.2. The number of rotatable bonds is 4. The maximum Gasteiger partial charge on any atom is 0.150 e. The molecule has 1 saturated carbocycles. The average molecular weight is 343 g/mol. The quantitative estimate of drug-likeness (QED) is 0.663. The van der Waals surface area contributed by atoms with E-state index in [1.54, 1.807) is 12.1 Å². The summed E-state index contributed by atoms with van der Waals surface area (Å²) in [5.74, 6) is -1.25. The highest BCUT2D eigenvalue weighted by Crippen LogP contribution is 2.40. The molecule has 3 aromatic rings. The van der Waals surface area contributed by atoms with Crippen molar-refractivity contribution in [3.8, 4) is 11.3 Å². The van der Waals surface area contributed by atoms with Gasteiger partial charge in [0.2, 0.25) is 0 Å². The molecule has 2 nitrogen and oxygen atoms in total. The van der Waals surface area contributed by atoms with Crippen molar-refractivity contribution in [2.75, 3.05) is 0 Å². The van der Waals surface area contributed by atoms with Crippen molar-refractivity contribution < 1.29 is 18.0 Å². The van der Waals surface area contributed by atoms with E-state index >= 15 is 0 Å². The molecule has 0 atom stereocenters. The Labute approximate surface area is 142 Å². The monoisotopic (exact) mass is 343 g/mol. The Balaban J connectivity index is 1.82. The predicted molar refractivity (Wildman–Crippen MR) is 89.6 cm³/mol. The normalized spacial score (nSPS) is 19.8. The number of aldehydes is 1. The fraction of sp³-hybridized carbons (Fsp3) is 0.250. The molecule has 0 unspecified atom stereocenters. The number of fused-ring (bicyclic) bond motifs is 1. The summed E-state index contributed by atoms with van der Waals surface area (Å²) in [5, 5.41) is 0.506. The van der Waals surface area contributed by atoms with Crippen LogP contribution in [0, 0.1) is 29.3 Å². The standard InChI is InChI=1S/C20H16F3NO/c21-14-3-1-13(2-4-14)19-16(7-11-5-12(6-11)10-25)17-8-15(22)9-18(23)20(17)24-19/h1-4,8-12,24H,5-7H2. The van der Waals surface area contributed by atoms with E-state index in [4.69, 9.17) is 0 Å². The minimum atomic E-state index is -0.649. The van der Waals surface area contributed by atoms with Gasteiger partial charge in [-0.2, -0.15) is 0 Å². The van der Waals surface area contributed by atoms with E-state index < -0.39 is 11.6 Å². The maximum atomic E-state index is 14.2. The second-order valence-electron chi connectivity index (χ2n) is 6.73. The number of halogens is 3. The van der Waals surface area contributed by atoms with Crippen LogP contribution in [0.15, 0.2) is 36.4 Å². The van der Waals surface area contributed by atoms with E-state index in [-0.39, 0.29) is 17.3 Å². The first-order valence-corrected chi connectivity index (χ1v) is 8.26. The molecule has 128 valence electrons. The molecule has 5 heteroatoms. The Morgan fingerprint density at radius 2 is 1.76 bits per heavy atom. The molecule has 0 radical (unpaired) electrons. The number of H-pyrrole nitrogens is 1. The van der Waals surface area contributed by atoms with Crippen molar-refractivity contribution in [1.82, 2.24) is 4.98 Å². The van der Waals surface area contributed by atoms with Gasteiger partial charge in [-0.1, -0.05) is 0 Å². The van der Waals surface area contributed by atoms with E-state index in [0.29, 0.717) is 23.4 Å². The fourth-order valence-corrected chi connectivity index (χ4v) is 3.70. The van der Waals surface area contributed by atoms with Gasteiger partial charge < -0.3 is 9.78 Å². The first-order valence-electron chi connectivity index (χ1n) is 8.26. The van der Waals surface area contributed by atoms with Crippen molar-refractivity contribution >= 4 is 17.2 Å². The SMILES string of the molecule is O=CC1CC(Cc2c(-c3ccc(F)cc3)[nH]c3c(F)cc(F)cc23)C1. The Bertz CT molecular complexity index is 940. The molecule has 1 aliphatic rings. The molecule has 1 N–H and O–H groups in total. The van der Waals surface area contributed by atoms with Gasteiger partial charge in [-0.15, -0.1) is 0 Å². The van der Waals surface area contributed by atoms with Crippen molar-refractivity contribution in [2.24, 2.45) is 11.8 Å². The third-order valence-electron chi connectivity index (χ3n) is 5.02. The van der Waals surface area contributed by atoms with Crippen LogP contribution in [0.3, 0.4) is 0 Å². The minimum absolute atomic E-state index is 0.0814. The second kappa shape index (κ2) is 6.06. The molecule has 0 bridgehead atoms. The van der Waals surface area contributed by atoms with E-state index in [0.717, 1.165) is 36.3 Å². The van der Waals surface area contributed by atoms with E-state index in [2.05, 4.69) is 4.98 Å². The lowest BCUT2D eigenvalue weighted by Crippen LogP contribution is -2.26. The molecular weight excluding hydrogens is 327 g/mol. The van der Waals surface area contributed by atoms with Crippen LogP contribution in [-0.2, 0) is 11.2 Å². The zero-order valence-electron chi connectivity index (χ0n) is 13.4. The molecule has 25 heavy (non-hydrogen) atoms. The molecule has 0 saturated heterocycles. The molecule has 2 aromatic carbocycles. The molecule has 0 amide bonds. The van der Waals surface area contributed by atoms with Gasteiger partial charge in [0.1, 0.15) is 23.7 Å². The van der Waals surface area contributed by atoms with E-state index in [1.165, 1.54) is 18.2 Å². The van der Waals surface area contributed by atoms with Crippen LogP contribution in [0.25, 0.3) is 22.2 Å². The van der Waals surface area contributed by atoms with E-state index in [1.807, 2.05) is 0 Å². The van der Waals surface area contributed by atoms with Gasteiger partial charge in [0.25, 0.3) is 0 Å². The number of carbonyl (C=O) groups excluding carboxylic acids is 1. The average Bonchev–Trinajstić information content (AvgIpc) is 2.90. The van der Waals surface area contributed by atoms with Crippen molar-refractivity contribution in [3.05, 3.63) is 59.4 Å². The number of hydrogen-bond acceptors (Lipinski definition) is 1. The minimum Gasteiger partial charge on any atom is -0.352 e. The van der Waals surface area contributed by atoms with Gasteiger partial charge in [-0.05, 0) is 66.6 Å². The number of benzene rings is 2. The van der Waals surface area contributed by atoms with Crippen LogP contribution >= 0.6 is 0 Å². The second-order valence-corrected chi connectivity index (χ2v) is 6.73. The summed E-state index contributed by atoms with van der Waals surface area (Å²) in [5.41, 5.74) is 2.46. The molecule has 0 aliphatic heterocycles. The summed E-state index contributed by atoms with van der Waals surface area (Å²) in [6.45, 7) is 0. The first kappa shape index (κ1) is 15.9. The number of carbonyl (C=O) groups is 1. The predicted octanol–water partition coefficient (Wildman–Crippen LogP) is 5.02.